The van der Waals surface area contributed by atoms with E-state index >= 15 is 0 Å². The molecule has 1 N–H and O–H groups in total. The maximum Gasteiger partial charge on any atom is 0.271 e. The van der Waals surface area contributed by atoms with Crippen LogP contribution in [0.2, 0.25) is 0 Å². The molecule has 170 valence electrons. The van der Waals surface area contributed by atoms with Gasteiger partial charge in [-0.3, -0.25) is 24.6 Å². The number of hydrogen-bond acceptors (Lipinski definition) is 7. The molecule has 0 bridgehead atoms. The number of benzene rings is 2. The molecule has 32 heavy (non-hydrogen) atoms. The van der Waals surface area contributed by atoms with E-state index in [0.717, 1.165) is 0 Å². The number of nitro benzene ring substituents is 1. The van der Waals surface area contributed by atoms with Crippen LogP contribution in [0.25, 0.3) is 0 Å². The van der Waals surface area contributed by atoms with Crippen LogP contribution < -0.4 is 24.4 Å². The molecule has 0 radical (unpaired) electrons. The Labute approximate surface area is 185 Å². The number of ether oxygens (including phenoxy) is 3. The van der Waals surface area contributed by atoms with Gasteiger partial charge in [0, 0.05) is 23.9 Å². The highest BCUT2D eigenvalue weighted by atomic mass is 16.6. The number of anilines is 2. The molecule has 0 saturated heterocycles. The Kier molecular flexibility index (Phi) is 6.52. The van der Waals surface area contributed by atoms with Gasteiger partial charge in [0.25, 0.3) is 11.6 Å². The molecule has 3 rings (SSSR count). The average Bonchev–Trinajstić information content (AvgIpc) is 2.77. The van der Waals surface area contributed by atoms with Crippen LogP contribution in [0.3, 0.4) is 0 Å². The van der Waals surface area contributed by atoms with Gasteiger partial charge in [0.05, 0.1) is 24.8 Å². The summed E-state index contributed by atoms with van der Waals surface area (Å²) in [5, 5.41) is 14.0. The number of non-ortho nitro benzene ring substituents is 1. The highest BCUT2D eigenvalue weighted by molar-refractivity contribution is 6.08. The van der Waals surface area contributed by atoms with Gasteiger partial charge in [-0.05, 0) is 31.0 Å². The lowest BCUT2D eigenvalue weighted by molar-refractivity contribution is -0.384. The molecule has 1 aliphatic rings. The van der Waals surface area contributed by atoms with E-state index in [1.54, 1.807) is 25.1 Å². The van der Waals surface area contributed by atoms with Crippen LogP contribution in [0, 0.1) is 16.0 Å². The highest BCUT2D eigenvalue weighted by Crippen LogP contribution is 2.39. The predicted molar refractivity (Wildman–Crippen MR) is 117 cm³/mol. The molecule has 0 fully saturated rings. The summed E-state index contributed by atoms with van der Waals surface area (Å²) in [6, 6.07) is 7.90. The van der Waals surface area contributed by atoms with Crippen LogP contribution in [0.4, 0.5) is 17.1 Å². The number of rotatable bonds is 7. The van der Waals surface area contributed by atoms with Gasteiger partial charge in [-0.15, -0.1) is 0 Å². The number of hydrogen-bond donors (Lipinski definition) is 1. The number of carbonyl (C=O) groups excluding carboxylic acids is 2. The molecule has 2 aromatic carbocycles. The number of nitrogens with one attached hydrogen (secondary N) is 1. The fourth-order valence-electron chi connectivity index (χ4n) is 3.45. The smallest absolute Gasteiger partial charge is 0.271 e. The van der Waals surface area contributed by atoms with Crippen molar-refractivity contribution < 1.29 is 28.7 Å². The molecule has 10 heteroatoms. The molecule has 2 atom stereocenters. The molecule has 0 aliphatic carbocycles. The van der Waals surface area contributed by atoms with Crippen molar-refractivity contribution in [2.75, 3.05) is 24.4 Å². The van der Waals surface area contributed by atoms with Gasteiger partial charge < -0.3 is 19.5 Å². The number of carbonyl (C=O) groups is 2. The highest BCUT2D eigenvalue weighted by Gasteiger charge is 2.41. The van der Waals surface area contributed by atoms with E-state index in [4.69, 9.17) is 14.2 Å². The number of methoxy groups -OCH3 is 2. The van der Waals surface area contributed by atoms with Crippen molar-refractivity contribution in [3.05, 3.63) is 46.5 Å². The summed E-state index contributed by atoms with van der Waals surface area (Å²) in [7, 11) is 2.98. The molecule has 1 heterocycles. The molecule has 1 aliphatic heterocycles. The number of fused-ring (bicyclic) bond motifs is 1. The van der Waals surface area contributed by atoms with Gasteiger partial charge in [-0.25, -0.2) is 0 Å². The van der Waals surface area contributed by atoms with E-state index < -0.39 is 28.9 Å². The first-order chi connectivity index (χ1) is 15.2. The predicted octanol–water partition coefficient (Wildman–Crippen LogP) is 3.39. The van der Waals surface area contributed by atoms with Crippen molar-refractivity contribution in [1.29, 1.82) is 0 Å². The lowest BCUT2D eigenvalue weighted by Crippen LogP contribution is -2.55. The first kappa shape index (κ1) is 22.9. The zero-order valence-corrected chi connectivity index (χ0v) is 18.4. The van der Waals surface area contributed by atoms with Crippen molar-refractivity contribution in [1.82, 2.24) is 0 Å². The molecule has 2 amide bonds. The van der Waals surface area contributed by atoms with Crippen molar-refractivity contribution in [3.8, 4) is 17.2 Å². The molecule has 0 aromatic heterocycles. The summed E-state index contributed by atoms with van der Waals surface area (Å²) in [5.74, 6) is 0.147. The normalized spacial score (nSPS) is 16.1. The Morgan fingerprint density at radius 1 is 1.12 bits per heavy atom. The first-order valence-corrected chi connectivity index (χ1v) is 9.99. The van der Waals surface area contributed by atoms with E-state index in [-0.39, 0.29) is 17.3 Å². The van der Waals surface area contributed by atoms with Gasteiger partial charge in [-0.2, -0.15) is 0 Å². The zero-order valence-electron chi connectivity index (χ0n) is 18.4. The second-order valence-corrected chi connectivity index (χ2v) is 7.63. The lowest BCUT2D eigenvalue weighted by atomic mass is 10.0. The second-order valence-electron chi connectivity index (χ2n) is 7.63. The summed E-state index contributed by atoms with van der Waals surface area (Å²) in [5.41, 5.74) is 0.414. The maximum atomic E-state index is 13.2. The SMILES string of the molecule is COc1ccc(NC(=O)C(C)N2C(=O)C(C(C)C)Oc3ccc([N+](=O)[O-])cc32)cc1OC. The van der Waals surface area contributed by atoms with Crippen LogP contribution in [-0.4, -0.2) is 43.1 Å². The second kappa shape index (κ2) is 9.13. The van der Waals surface area contributed by atoms with Crippen LogP contribution in [0.15, 0.2) is 36.4 Å². The third-order valence-corrected chi connectivity index (χ3v) is 5.17. The van der Waals surface area contributed by atoms with Crippen molar-refractivity contribution in [2.24, 2.45) is 5.92 Å². The minimum atomic E-state index is -0.971. The van der Waals surface area contributed by atoms with Gasteiger partial charge in [0.2, 0.25) is 5.91 Å². The largest absolute Gasteiger partial charge is 0.493 e. The lowest BCUT2D eigenvalue weighted by Gasteiger charge is -2.38. The molecular formula is C22H25N3O7. The molecular weight excluding hydrogens is 418 g/mol. The maximum absolute atomic E-state index is 13.2. The first-order valence-electron chi connectivity index (χ1n) is 9.99. The van der Waals surface area contributed by atoms with Gasteiger partial charge >= 0.3 is 0 Å². The van der Waals surface area contributed by atoms with Crippen LogP contribution in [0.1, 0.15) is 20.8 Å². The molecule has 0 spiro atoms. The van der Waals surface area contributed by atoms with Crippen molar-refractivity contribution >= 4 is 28.9 Å². The summed E-state index contributed by atoms with van der Waals surface area (Å²) >= 11 is 0. The molecule has 10 nitrogen and oxygen atoms in total. The Morgan fingerprint density at radius 3 is 2.41 bits per heavy atom. The number of nitrogens with zero attached hydrogens (tertiary/aromatic N) is 2. The van der Waals surface area contributed by atoms with Crippen LogP contribution >= 0.6 is 0 Å². The number of amides is 2. The topological polar surface area (TPSA) is 120 Å². The van der Waals surface area contributed by atoms with Gasteiger partial charge in [0.1, 0.15) is 11.8 Å². The van der Waals surface area contributed by atoms with Crippen LogP contribution in [-0.2, 0) is 9.59 Å². The fourth-order valence-corrected chi connectivity index (χ4v) is 3.45. The standard InChI is InChI=1S/C22H25N3O7/c1-12(2)20-22(27)24(16-11-15(25(28)29)7-9-17(16)32-20)13(3)21(26)23-14-6-8-18(30-4)19(10-14)31-5/h6-13,20H,1-5H3,(H,23,26). The van der Waals surface area contributed by atoms with E-state index in [2.05, 4.69) is 5.32 Å². The molecule has 2 aromatic rings. The summed E-state index contributed by atoms with van der Waals surface area (Å²) in [6.07, 6.45) is -0.819. The monoisotopic (exact) mass is 443 g/mol. The fraction of sp³-hybridized carbons (Fsp3) is 0.364. The minimum Gasteiger partial charge on any atom is -0.493 e. The van der Waals surface area contributed by atoms with E-state index in [0.29, 0.717) is 22.9 Å². The summed E-state index contributed by atoms with van der Waals surface area (Å²) < 4.78 is 16.2. The van der Waals surface area contributed by atoms with E-state index in [1.165, 1.54) is 37.3 Å². The van der Waals surface area contributed by atoms with Gasteiger partial charge in [-0.1, -0.05) is 13.8 Å². The Hall–Kier alpha value is -3.82. The average molecular weight is 443 g/mol. The Morgan fingerprint density at radius 2 is 1.81 bits per heavy atom. The van der Waals surface area contributed by atoms with E-state index in [9.17, 15) is 19.7 Å². The third-order valence-electron chi connectivity index (χ3n) is 5.17. The van der Waals surface area contributed by atoms with Crippen molar-refractivity contribution in [3.63, 3.8) is 0 Å². The minimum absolute atomic E-state index is 0.172. The van der Waals surface area contributed by atoms with E-state index in [1.807, 2.05) is 13.8 Å². The summed E-state index contributed by atoms with van der Waals surface area (Å²) in [4.78, 5) is 38.2. The third kappa shape index (κ3) is 4.29. The summed E-state index contributed by atoms with van der Waals surface area (Å²) in [6.45, 7) is 5.20. The quantitative estimate of drug-likeness (QED) is 0.514. The zero-order chi connectivity index (χ0) is 23.6. The van der Waals surface area contributed by atoms with Crippen molar-refractivity contribution in [2.45, 2.75) is 32.9 Å². The van der Waals surface area contributed by atoms with Crippen LogP contribution in [0.5, 0.6) is 17.2 Å². The Balaban J connectivity index is 1.95. The molecule has 2 unspecified atom stereocenters. The number of nitro groups is 1. The molecule has 0 saturated carbocycles. The van der Waals surface area contributed by atoms with Gasteiger partial charge in [0.15, 0.2) is 17.6 Å². The Bertz CT molecular complexity index is 1050.